The van der Waals surface area contributed by atoms with Crippen LogP contribution in [0.15, 0.2) is 72.1 Å². The predicted octanol–water partition coefficient (Wildman–Crippen LogP) is 5.07. The van der Waals surface area contributed by atoms with Crippen LogP contribution >= 0.6 is 11.3 Å². The monoisotopic (exact) mass is 362 g/mol. The molecule has 5 heteroatoms. The highest BCUT2D eigenvalue weighted by atomic mass is 32.1. The van der Waals surface area contributed by atoms with Crippen molar-refractivity contribution < 1.29 is 9.53 Å². The third kappa shape index (κ3) is 3.34. The Morgan fingerprint density at radius 2 is 1.85 bits per heavy atom. The zero-order valence-corrected chi connectivity index (χ0v) is 15.1. The highest BCUT2D eigenvalue weighted by Gasteiger charge is 2.14. The quantitative estimate of drug-likeness (QED) is 0.538. The topological polar surface area (TPSA) is 43.3 Å². The minimum absolute atomic E-state index is 0.117. The van der Waals surface area contributed by atoms with Crippen LogP contribution < -0.4 is 10.1 Å². The molecule has 1 N–H and O–H groups in total. The van der Waals surface area contributed by atoms with Crippen molar-refractivity contribution in [3.05, 3.63) is 83.4 Å². The van der Waals surface area contributed by atoms with Gasteiger partial charge in [0.25, 0.3) is 5.91 Å². The average Bonchev–Trinajstić information content (AvgIpc) is 3.25. The van der Waals surface area contributed by atoms with Crippen LogP contribution in [0.1, 0.15) is 16.1 Å². The van der Waals surface area contributed by atoms with Crippen LogP contribution in [0.2, 0.25) is 0 Å². The summed E-state index contributed by atoms with van der Waals surface area (Å²) in [5, 5.41) is 4.97. The molecule has 0 aliphatic heterocycles. The maximum Gasteiger partial charge on any atom is 0.272 e. The van der Waals surface area contributed by atoms with E-state index in [9.17, 15) is 4.79 Å². The van der Waals surface area contributed by atoms with E-state index in [4.69, 9.17) is 4.74 Å². The van der Waals surface area contributed by atoms with Crippen molar-refractivity contribution in [1.29, 1.82) is 0 Å². The normalized spacial score (nSPS) is 10.8. The molecule has 2 aromatic heterocycles. The van der Waals surface area contributed by atoms with Crippen molar-refractivity contribution in [2.75, 3.05) is 5.32 Å². The summed E-state index contributed by atoms with van der Waals surface area (Å²) in [6.45, 7) is 0.520. The van der Waals surface area contributed by atoms with Gasteiger partial charge in [-0.05, 0) is 47.3 Å². The highest BCUT2D eigenvalue weighted by Crippen LogP contribution is 2.25. The molecule has 0 saturated carbocycles. The first kappa shape index (κ1) is 16.4. The van der Waals surface area contributed by atoms with E-state index in [0.717, 1.165) is 27.2 Å². The molecule has 130 valence electrons. The lowest BCUT2D eigenvalue weighted by molar-refractivity contribution is 0.101. The molecule has 4 rings (SSSR count). The Morgan fingerprint density at radius 3 is 2.58 bits per heavy atom. The van der Waals surface area contributed by atoms with Gasteiger partial charge in [0, 0.05) is 12.7 Å². The summed E-state index contributed by atoms with van der Waals surface area (Å²) < 4.78 is 8.80. The third-order valence-electron chi connectivity index (χ3n) is 4.26. The Bertz CT molecular complexity index is 1030. The number of hydrogen-bond acceptors (Lipinski definition) is 3. The minimum Gasteiger partial charge on any atom is -0.489 e. The molecule has 26 heavy (non-hydrogen) atoms. The van der Waals surface area contributed by atoms with Crippen molar-refractivity contribution >= 4 is 33.1 Å². The largest absolute Gasteiger partial charge is 0.489 e. The molecule has 2 aromatic carbocycles. The number of thiophene rings is 1. The van der Waals surface area contributed by atoms with Gasteiger partial charge in [-0.15, -0.1) is 11.3 Å². The number of nitrogens with zero attached hydrogens (tertiary/aromatic N) is 1. The van der Waals surface area contributed by atoms with E-state index in [1.807, 2.05) is 83.7 Å². The average molecular weight is 362 g/mol. The van der Waals surface area contributed by atoms with Crippen LogP contribution in [0, 0.1) is 0 Å². The predicted molar refractivity (Wildman–Crippen MR) is 106 cm³/mol. The number of amides is 1. The lowest BCUT2D eigenvalue weighted by Gasteiger charge is -2.09. The number of fused-ring (bicyclic) bond motifs is 1. The van der Waals surface area contributed by atoms with E-state index >= 15 is 0 Å². The zero-order chi connectivity index (χ0) is 17.9. The van der Waals surface area contributed by atoms with Crippen LogP contribution in [0.5, 0.6) is 5.75 Å². The standard InChI is InChI=1S/C21H18N2O2S/c1-23-18-11-12-26-20(18)13-19(23)21(24)22-16-7-9-17(10-8-16)25-14-15-5-3-2-4-6-15/h2-13H,14H2,1H3,(H,22,24). The van der Waals surface area contributed by atoms with Crippen molar-refractivity contribution in [3.63, 3.8) is 0 Å². The summed E-state index contributed by atoms with van der Waals surface area (Å²) in [4.78, 5) is 12.5. The first-order valence-electron chi connectivity index (χ1n) is 8.32. The van der Waals surface area contributed by atoms with Crippen molar-refractivity contribution in [3.8, 4) is 5.75 Å². The summed E-state index contributed by atoms with van der Waals surface area (Å²) in [7, 11) is 1.91. The van der Waals surface area contributed by atoms with Crippen molar-refractivity contribution in [2.24, 2.45) is 7.05 Å². The van der Waals surface area contributed by atoms with Crippen LogP contribution in [-0.2, 0) is 13.7 Å². The van der Waals surface area contributed by atoms with Crippen LogP contribution in [-0.4, -0.2) is 10.5 Å². The van der Waals surface area contributed by atoms with Gasteiger partial charge in [-0.25, -0.2) is 0 Å². The molecule has 0 aliphatic carbocycles. The fourth-order valence-corrected chi connectivity index (χ4v) is 3.69. The molecule has 4 nitrogen and oxygen atoms in total. The molecule has 0 bridgehead atoms. The number of hydrogen-bond donors (Lipinski definition) is 1. The lowest BCUT2D eigenvalue weighted by Crippen LogP contribution is -2.15. The second-order valence-corrected chi connectivity index (χ2v) is 6.96. The first-order valence-corrected chi connectivity index (χ1v) is 9.20. The molecule has 0 spiro atoms. The summed E-state index contributed by atoms with van der Waals surface area (Å²) in [5.74, 6) is 0.653. The second-order valence-electron chi connectivity index (χ2n) is 6.01. The van der Waals surface area contributed by atoms with Crippen LogP contribution in [0.4, 0.5) is 5.69 Å². The number of benzene rings is 2. The van der Waals surface area contributed by atoms with E-state index in [2.05, 4.69) is 5.32 Å². The molecule has 0 atom stereocenters. The molecule has 0 saturated heterocycles. The van der Waals surface area contributed by atoms with Crippen LogP contribution in [0.25, 0.3) is 10.2 Å². The number of aromatic nitrogens is 1. The minimum atomic E-state index is -0.117. The summed E-state index contributed by atoms with van der Waals surface area (Å²) in [6.07, 6.45) is 0. The zero-order valence-electron chi connectivity index (χ0n) is 14.3. The highest BCUT2D eigenvalue weighted by molar-refractivity contribution is 7.17. The van der Waals surface area contributed by atoms with Gasteiger partial charge in [0.1, 0.15) is 18.1 Å². The summed E-state index contributed by atoms with van der Waals surface area (Å²) in [6, 6.07) is 21.4. The van der Waals surface area contributed by atoms with Gasteiger partial charge in [-0.2, -0.15) is 0 Å². The fraction of sp³-hybridized carbons (Fsp3) is 0.0952. The Hall–Kier alpha value is -3.05. The SMILES string of the molecule is Cn1c(C(=O)Nc2ccc(OCc3ccccc3)cc2)cc2sccc21. The molecule has 2 heterocycles. The fourth-order valence-electron chi connectivity index (χ4n) is 2.84. The first-order chi connectivity index (χ1) is 12.7. The summed E-state index contributed by atoms with van der Waals surface area (Å²) >= 11 is 1.63. The van der Waals surface area contributed by atoms with Gasteiger partial charge in [0.2, 0.25) is 0 Å². The van der Waals surface area contributed by atoms with Gasteiger partial charge < -0.3 is 14.6 Å². The Labute approximate surface area is 155 Å². The number of carbonyl (C=O) groups excluding carboxylic acids is 1. The Morgan fingerprint density at radius 1 is 1.08 bits per heavy atom. The Kier molecular flexibility index (Phi) is 4.46. The number of ether oxygens (including phenoxy) is 1. The molecule has 4 aromatic rings. The van der Waals surface area contributed by atoms with Crippen LogP contribution in [0.3, 0.4) is 0 Å². The number of carbonyl (C=O) groups is 1. The smallest absolute Gasteiger partial charge is 0.272 e. The Balaban J connectivity index is 1.41. The third-order valence-corrected chi connectivity index (χ3v) is 5.11. The van der Waals surface area contributed by atoms with E-state index in [0.29, 0.717) is 12.3 Å². The van der Waals surface area contributed by atoms with E-state index < -0.39 is 0 Å². The van der Waals surface area contributed by atoms with Gasteiger partial charge in [0.05, 0.1) is 10.2 Å². The van der Waals surface area contributed by atoms with Gasteiger partial charge in [0.15, 0.2) is 0 Å². The maximum atomic E-state index is 12.5. The van der Waals surface area contributed by atoms with Crippen molar-refractivity contribution in [1.82, 2.24) is 4.57 Å². The van der Waals surface area contributed by atoms with Crippen molar-refractivity contribution in [2.45, 2.75) is 6.61 Å². The van der Waals surface area contributed by atoms with E-state index in [-0.39, 0.29) is 5.91 Å². The second kappa shape index (κ2) is 7.06. The van der Waals surface area contributed by atoms with Gasteiger partial charge in [-0.1, -0.05) is 30.3 Å². The molecular weight excluding hydrogens is 344 g/mol. The number of anilines is 1. The molecule has 0 radical (unpaired) electrons. The van der Waals surface area contributed by atoms with Gasteiger partial charge in [-0.3, -0.25) is 4.79 Å². The van der Waals surface area contributed by atoms with E-state index in [1.165, 1.54) is 0 Å². The summed E-state index contributed by atoms with van der Waals surface area (Å²) in [5.41, 5.74) is 3.58. The lowest BCUT2D eigenvalue weighted by atomic mass is 10.2. The molecule has 0 aliphatic rings. The number of rotatable bonds is 5. The number of nitrogens with one attached hydrogen (secondary N) is 1. The number of aryl methyl sites for hydroxylation is 1. The van der Waals surface area contributed by atoms with E-state index in [1.54, 1.807) is 11.3 Å². The molecule has 0 unspecified atom stereocenters. The molecular formula is C21H18N2O2S. The molecule has 0 fully saturated rings. The molecule has 1 amide bonds. The van der Waals surface area contributed by atoms with Gasteiger partial charge >= 0.3 is 0 Å². The maximum absolute atomic E-state index is 12.5.